The normalized spacial score (nSPS) is 25.9. The van der Waals surface area contributed by atoms with Crippen molar-refractivity contribution in [2.24, 2.45) is 23.7 Å². The molecule has 5 aromatic carbocycles. The van der Waals surface area contributed by atoms with E-state index < -0.39 is 0 Å². The maximum Gasteiger partial charge on any atom is 0.161 e. The van der Waals surface area contributed by atoms with Crippen LogP contribution in [0.25, 0.3) is 66.6 Å². The molecule has 5 aliphatic carbocycles. The number of hydrogen-bond donors (Lipinski definition) is 0. The monoisotopic (exact) mass is 580 g/mol. The van der Waals surface area contributed by atoms with Crippen LogP contribution >= 0.6 is 0 Å². The first kappa shape index (κ1) is 24.5. The van der Waals surface area contributed by atoms with Crippen molar-refractivity contribution >= 4 is 32.8 Å². The van der Waals surface area contributed by atoms with E-state index >= 15 is 0 Å². The summed E-state index contributed by atoms with van der Waals surface area (Å²) in [6.45, 7) is 0. The highest BCUT2D eigenvalue weighted by atomic mass is 16.3. The van der Waals surface area contributed by atoms with Gasteiger partial charge in [0.25, 0.3) is 0 Å². The summed E-state index contributed by atoms with van der Waals surface area (Å²) in [6.07, 6.45) is 6.85. The van der Waals surface area contributed by atoms with Gasteiger partial charge in [0.2, 0.25) is 0 Å². The Hall–Kier alpha value is -4.76. The number of nitrogens with zero attached hydrogens (tertiary/aromatic N) is 2. The summed E-state index contributed by atoms with van der Waals surface area (Å²) in [4.78, 5) is 10.6. The molecular formula is C42H32N2O. The van der Waals surface area contributed by atoms with Gasteiger partial charge >= 0.3 is 0 Å². The topological polar surface area (TPSA) is 38.9 Å². The van der Waals surface area contributed by atoms with E-state index in [1.54, 1.807) is 0 Å². The van der Waals surface area contributed by atoms with Gasteiger partial charge in [-0.2, -0.15) is 0 Å². The highest BCUT2D eigenvalue weighted by molar-refractivity contribution is 6.08. The Labute approximate surface area is 262 Å². The average molecular weight is 581 g/mol. The summed E-state index contributed by atoms with van der Waals surface area (Å²) in [5, 5.41) is 3.55. The standard InChI is InChI=1S/C42H32N2O/c1-2-9-26(10-3-1)40-30-12-4-6-15-36(30)43-41(44-40)31-13-8-14-34-39(31)33-23-38-32(29-11-5-7-16-37(29)45-38)22-35(33)42(34)27-18-24-17-25(20-27)21-28(42)19-24/h1-16,22-25,27-28H,17-21H2. The molecule has 0 amide bonds. The molecule has 3 nitrogen and oxygen atoms in total. The minimum Gasteiger partial charge on any atom is -0.456 e. The molecule has 0 aliphatic heterocycles. The molecule has 0 radical (unpaired) electrons. The Morgan fingerprint density at radius 1 is 0.556 bits per heavy atom. The van der Waals surface area contributed by atoms with E-state index in [0.717, 1.165) is 56.6 Å². The number of hydrogen-bond acceptors (Lipinski definition) is 3. The molecule has 5 aliphatic rings. The molecule has 0 N–H and O–H groups in total. The van der Waals surface area contributed by atoms with Crippen molar-refractivity contribution in [1.29, 1.82) is 0 Å². The second kappa shape index (κ2) is 8.69. The van der Waals surface area contributed by atoms with Gasteiger partial charge in [-0.1, -0.05) is 84.9 Å². The quantitative estimate of drug-likeness (QED) is 0.204. The van der Waals surface area contributed by atoms with Gasteiger partial charge in [-0.3, -0.25) is 0 Å². The first-order valence-corrected chi connectivity index (χ1v) is 16.7. The Balaban J connectivity index is 1.23. The number of fused-ring (bicyclic) bond motifs is 7. The van der Waals surface area contributed by atoms with Crippen LogP contribution in [0.1, 0.15) is 43.2 Å². The van der Waals surface area contributed by atoms with Gasteiger partial charge in [0.1, 0.15) is 11.2 Å². The molecule has 3 heteroatoms. The smallest absolute Gasteiger partial charge is 0.161 e. The van der Waals surface area contributed by atoms with E-state index in [-0.39, 0.29) is 5.41 Å². The minimum absolute atomic E-state index is 0.0414. The van der Waals surface area contributed by atoms with Crippen molar-refractivity contribution in [3.8, 4) is 33.8 Å². The second-order valence-corrected chi connectivity index (χ2v) is 14.2. The molecule has 4 bridgehead atoms. The van der Waals surface area contributed by atoms with Crippen LogP contribution in [0.3, 0.4) is 0 Å². The molecule has 0 atom stereocenters. The number of benzene rings is 5. The van der Waals surface area contributed by atoms with Crippen LogP contribution in [0, 0.1) is 23.7 Å². The summed E-state index contributed by atoms with van der Waals surface area (Å²) >= 11 is 0. The zero-order chi connectivity index (χ0) is 29.3. The molecule has 45 heavy (non-hydrogen) atoms. The first-order valence-electron chi connectivity index (χ1n) is 16.7. The third kappa shape index (κ3) is 3.16. The van der Waals surface area contributed by atoms with Crippen molar-refractivity contribution in [3.05, 3.63) is 120 Å². The number of aromatic nitrogens is 2. The van der Waals surface area contributed by atoms with Crippen molar-refractivity contribution < 1.29 is 4.42 Å². The molecular weight excluding hydrogens is 548 g/mol. The molecule has 7 aromatic rings. The molecule has 4 saturated carbocycles. The number of para-hydroxylation sites is 2. The zero-order valence-electron chi connectivity index (χ0n) is 25.0. The molecule has 0 unspecified atom stereocenters. The first-order chi connectivity index (χ1) is 22.3. The van der Waals surface area contributed by atoms with E-state index in [9.17, 15) is 0 Å². The van der Waals surface area contributed by atoms with Crippen LogP contribution in [0.4, 0.5) is 0 Å². The molecule has 1 spiro atoms. The highest BCUT2D eigenvalue weighted by Crippen LogP contribution is 2.70. The highest BCUT2D eigenvalue weighted by Gasteiger charge is 2.62. The molecule has 2 heterocycles. The van der Waals surface area contributed by atoms with E-state index in [0.29, 0.717) is 11.8 Å². The SMILES string of the molecule is c1ccc(-c2nc(-c3cccc4c3-c3cc5oc6ccccc6c5cc3C43C4CC5CC(C4)CC3C5)nc3ccccc23)cc1. The Bertz CT molecular complexity index is 2320. The third-order valence-electron chi connectivity index (χ3n) is 12.1. The lowest BCUT2D eigenvalue weighted by Crippen LogP contribution is -2.55. The number of rotatable bonds is 2. The van der Waals surface area contributed by atoms with Gasteiger partial charge in [-0.05, 0) is 102 Å². The second-order valence-electron chi connectivity index (χ2n) is 14.2. The fraction of sp³-hybridized carbons (Fsp3) is 0.238. The molecule has 2 aromatic heterocycles. The third-order valence-corrected chi connectivity index (χ3v) is 12.1. The lowest BCUT2D eigenvalue weighted by atomic mass is 9.43. The molecule has 0 saturated heterocycles. The van der Waals surface area contributed by atoms with Crippen LogP contribution < -0.4 is 0 Å². The van der Waals surface area contributed by atoms with Crippen molar-refractivity contribution in [2.75, 3.05) is 0 Å². The van der Waals surface area contributed by atoms with Crippen molar-refractivity contribution in [2.45, 2.75) is 37.5 Å². The van der Waals surface area contributed by atoms with Gasteiger partial charge in [-0.25, -0.2) is 9.97 Å². The van der Waals surface area contributed by atoms with Crippen LogP contribution in [-0.4, -0.2) is 9.97 Å². The Morgan fingerprint density at radius 2 is 1.29 bits per heavy atom. The van der Waals surface area contributed by atoms with Crippen molar-refractivity contribution in [3.63, 3.8) is 0 Å². The summed E-state index contributed by atoms with van der Waals surface area (Å²) < 4.78 is 6.54. The van der Waals surface area contributed by atoms with Crippen LogP contribution in [0.15, 0.2) is 114 Å². The van der Waals surface area contributed by atoms with E-state index in [1.165, 1.54) is 65.1 Å². The fourth-order valence-electron chi connectivity index (χ4n) is 10.7. The molecule has 216 valence electrons. The summed E-state index contributed by atoms with van der Waals surface area (Å²) in [5.41, 5.74) is 11.9. The summed E-state index contributed by atoms with van der Waals surface area (Å²) in [5.74, 6) is 3.95. The maximum absolute atomic E-state index is 6.54. The van der Waals surface area contributed by atoms with E-state index in [1.807, 2.05) is 0 Å². The maximum atomic E-state index is 6.54. The Morgan fingerprint density at radius 3 is 2.11 bits per heavy atom. The fourth-order valence-corrected chi connectivity index (χ4v) is 10.7. The van der Waals surface area contributed by atoms with Crippen LogP contribution in [-0.2, 0) is 5.41 Å². The van der Waals surface area contributed by atoms with E-state index in [4.69, 9.17) is 14.4 Å². The lowest BCUT2D eigenvalue weighted by Gasteiger charge is -2.61. The van der Waals surface area contributed by atoms with Gasteiger partial charge in [-0.15, -0.1) is 0 Å². The van der Waals surface area contributed by atoms with Crippen LogP contribution in [0.5, 0.6) is 0 Å². The lowest BCUT2D eigenvalue weighted by molar-refractivity contribution is -0.0398. The Kier molecular flexibility index (Phi) is 4.74. The van der Waals surface area contributed by atoms with Gasteiger partial charge in [0.15, 0.2) is 5.82 Å². The predicted molar refractivity (Wildman–Crippen MR) is 181 cm³/mol. The zero-order valence-corrected chi connectivity index (χ0v) is 25.0. The average Bonchev–Trinajstić information content (AvgIpc) is 3.59. The van der Waals surface area contributed by atoms with Gasteiger partial charge in [0, 0.05) is 32.7 Å². The van der Waals surface area contributed by atoms with Crippen molar-refractivity contribution in [1.82, 2.24) is 9.97 Å². The van der Waals surface area contributed by atoms with Crippen LogP contribution in [0.2, 0.25) is 0 Å². The van der Waals surface area contributed by atoms with Gasteiger partial charge in [0.05, 0.1) is 11.2 Å². The summed E-state index contributed by atoms with van der Waals surface area (Å²) in [7, 11) is 0. The summed E-state index contributed by atoms with van der Waals surface area (Å²) in [6, 6.07) is 39.5. The number of furan rings is 1. The largest absolute Gasteiger partial charge is 0.456 e. The minimum atomic E-state index is 0.0414. The van der Waals surface area contributed by atoms with E-state index in [2.05, 4.69) is 109 Å². The molecule has 12 rings (SSSR count). The predicted octanol–water partition coefficient (Wildman–Crippen LogP) is 10.6. The molecule has 4 fully saturated rings. The van der Waals surface area contributed by atoms with Gasteiger partial charge < -0.3 is 4.42 Å².